The third kappa shape index (κ3) is 2.81. The fourth-order valence-corrected chi connectivity index (χ4v) is 3.56. The lowest BCUT2D eigenvalue weighted by Crippen LogP contribution is -2.45. The van der Waals surface area contributed by atoms with E-state index in [2.05, 4.69) is 39.9 Å². The lowest BCUT2D eigenvalue weighted by atomic mass is 10.0. The Morgan fingerprint density at radius 1 is 1.60 bits per heavy atom. The Morgan fingerprint density at radius 3 is 3.07 bits per heavy atom. The van der Waals surface area contributed by atoms with Gasteiger partial charge in [-0.25, -0.2) is 0 Å². The minimum Gasteiger partial charge on any atom is -0.392 e. The first-order chi connectivity index (χ1) is 7.16. The average molecular weight is 290 g/mol. The van der Waals surface area contributed by atoms with E-state index in [-0.39, 0.29) is 6.10 Å². The summed E-state index contributed by atoms with van der Waals surface area (Å²) >= 11 is 5.25. The molecule has 1 aliphatic rings. The second kappa shape index (κ2) is 4.95. The molecule has 2 nitrogen and oxygen atoms in total. The van der Waals surface area contributed by atoms with Crippen LogP contribution in [-0.4, -0.2) is 28.7 Å². The zero-order chi connectivity index (χ0) is 10.8. The number of aliphatic hydroxyl groups is 1. The maximum atomic E-state index is 9.78. The summed E-state index contributed by atoms with van der Waals surface area (Å²) in [5.74, 6) is 0. The minimum absolute atomic E-state index is 0.151. The van der Waals surface area contributed by atoms with Crippen LogP contribution in [0, 0.1) is 0 Å². The van der Waals surface area contributed by atoms with Gasteiger partial charge in [-0.3, -0.25) is 4.90 Å². The van der Waals surface area contributed by atoms with Crippen LogP contribution in [0.5, 0.6) is 0 Å². The first-order valence-electron chi connectivity index (χ1n) is 5.33. The molecule has 0 saturated carbocycles. The molecular weight excluding hydrogens is 274 g/mol. The molecule has 0 radical (unpaired) electrons. The molecule has 0 aliphatic carbocycles. The van der Waals surface area contributed by atoms with Gasteiger partial charge < -0.3 is 5.11 Å². The molecule has 2 atom stereocenters. The van der Waals surface area contributed by atoms with Crippen LogP contribution in [0.3, 0.4) is 0 Å². The van der Waals surface area contributed by atoms with Crippen LogP contribution in [-0.2, 0) is 6.54 Å². The summed E-state index contributed by atoms with van der Waals surface area (Å²) in [7, 11) is 0. The van der Waals surface area contributed by atoms with Crippen LogP contribution < -0.4 is 0 Å². The predicted octanol–water partition coefficient (Wildman–Crippen LogP) is 2.86. The fourth-order valence-electron chi connectivity index (χ4n) is 2.05. The van der Waals surface area contributed by atoms with Crippen LogP contribution in [0.1, 0.15) is 24.6 Å². The standard InChI is InChI=1S/C11H16BrNOS/c1-8-10(14)3-2-6-13(8)7-9-4-5-11(12)15-9/h4-5,8,10,14H,2-3,6-7H2,1H3. The summed E-state index contributed by atoms with van der Waals surface area (Å²) in [4.78, 5) is 3.73. The Morgan fingerprint density at radius 2 is 2.40 bits per heavy atom. The van der Waals surface area contributed by atoms with Crippen molar-refractivity contribution in [2.24, 2.45) is 0 Å². The number of thiophene rings is 1. The first kappa shape index (κ1) is 11.6. The monoisotopic (exact) mass is 289 g/mol. The molecule has 1 saturated heterocycles. The highest BCUT2D eigenvalue weighted by Gasteiger charge is 2.26. The number of rotatable bonds is 2. The van der Waals surface area contributed by atoms with Gasteiger partial charge in [-0.2, -0.15) is 0 Å². The van der Waals surface area contributed by atoms with Crippen LogP contribution in [0.2, 0.25) is 0 Å². The third-order valence-electron chi connectivity index (χ3n) is 3.07. The second-order valence-corrected chi connectivity index (χ2v) is 6.67. The summed E-state index contributed by atoms with van der Waals surface area (Å²) < 4.78 is 1.18. The highest BCUT2D eigenvalue weighted by Crippen LogP contribution is 2.26. The number of nitrogens with zero attached hydrogens (tertiary/aromatic N) is 1. The zero-order valence-electron chi connectivity index (χ0n) is 8.82. The van der Waals surface area contributed by atoms with Crippen LogP contribution >= 0.6 is 27.3 Å². The Bertz CT molecular complexity index is 328. The van der Waals surface area contributed by atoms with Gasteiger partial charge in [0.05, 0.1) is 9.89 Å². The lowest BCUT2D eigenvalue weighted by Gasteiger charge is -2.36. The predicted molar refractivity (Wildman–Crippen MR) is 67.1 cm³/mol. The quantitative estimate of drug-likeness (QED) is 0.905. The smallest absolute Gasteiger partial charge is 0.0701 e. The lowest BCUT2D eigenvalue weighted by molar-refractivity contribution is 0.0162. The molecule has 1 N–H and O–H groups in total. The number of aliphatic hydroxyl groups excluding tert-OH is 1. The van der Waals surface area contributed by atoms with Gasteiger partial charge in [-0.1, -0.05) is 0 Å². The van der Waals surface area contributed by atoms with E-state index in [1.54, 1.807) is 11.3 Å². The molecular formula is C11H16BrNOS. The molecule has 0 aromatic carbocycles. The highest BCUT2D eigenvalue weighted by atomic mass is 79.9. The first-order valence-corrected chi connectivity index (χ1v) is 6.94. The third-order valence-corrected chi connectivity index (χ3v) is 4.67. The Kier molecular flexibility index (Phi) is 3.83. The molecule has 0 spiro atoms. The van der Waals surface area contributed by atoms with Gasteiger partial charge >= 0.3 is 0 Å². The molecule has 2 heterocycles. The minimum atomic E-state index is -0.151. The molecule has 1 aliphatic heterocycles. The van der Waals surface area contributed by atoms with E-state index in [9.17, 15) is 5.11 Å². The summed E-state index contributed by atoms with van der Waals surface area (Å²) in [6.45, 7) is 4.19. The maximum absolute atomic E-state index is 9.78. The van der Waals surface area contributed by atoms with E-state index in [1.165, 1.54) is 8.66 Å². The molecule has 1 aromatic rings. The van der Waals surface area contributed by atoms with Crippen molar-refractivity contribution in [3.63, 3.8) is 0 Å². The molecule has 0 amide bonds. The molecule has 84 valence electrons. The largest absolute Gasteiger partial charge is 0.392 e. The van der Waals surface area contributed by atoms with Gasteiger partial charge in [0.15, 0.2) is 0 Å². The average Bonchev–Trinajstić information content (AvgIpc) is 2.59. The van der Waals surface area contributed by atoms with Crippen molar-refractivity contribution >= 4 is 27.3 Å². The molecule has 15 heavy (non-hydrogen) atoms. The maximum Gasteiger partial charge on any atom is 0.0701 e. The molecule has 2 unspecified atom stereocenters. The van der Waals surface area contributed by atoms with E-state index in [0.717, 1.165) is 25.9 Å². The normalized spacial score (nSPS) is 28.2. The van der Waals surface area contributed by atoms with E-state index >= 15 is 0 Å². The summed E-state index contributed by atoms with van der Waals surface area (Å²) in [5, 5.41) is 9.78. The van der Waals surface area contributed by atoms with Crippen molar-refractivity contribution in [3.05, 3.63) is 20.8 Å². The molecule has 0 bridgehead atoms. The summed E-state index contributed by atoms with van der Waals surface area (Å²) in [6, 6.07) is 4.53. The van der Waals surface area contributed by atoms with Crippen molar-refractivity contribution in [2.45, 2.75) is 38.5 Å². The highest BCUT2D eigenvalue weighted by molar-refractivity contribution is 9.11. The number of halogens is 1. The Balaban J connectivity index is 1.99. The van der Waals surface area contributed by atoms with E-state index in [0.29, 0.717) is 6.04 Å². The summed E-state index contributed by atoms with van der Waals surface area (Å²) in [6.07, 6.45) is 1.91. The van der Waals surface area contributed by atoms with Crippen molar-refractivity contribution in [1.82, 2.24) is 4.90 Å². The van der Waals surface area contributed by atoms with Crippen molar-refractivity contribution in [1.29, 1.82) is 0 Å². The SMILES string of the molecule is CC1C(O)CCCN1Cc1ccc(Br)s1. The Hall–Kier alpha value is 0.1000. The van der Waals surface area contributed by atoms with Crippen LogP contribution in [0.15, 0.2) is 15.9 Å². The van der Waals surface area contributed by atoms with Crippen molar-refractivity contribution in [2.75, 3.05) is 6.54 Å². The van der Waals surface area contributed by atoms with Gasteiger partial charge in [0.1, 0.15) is 0 Å². The zero-order valence-corrected chi connectivity index (χ0v) is 11.2. The second-order valence-electron chi connectivity index (χ2n) is 4.13. The molecule has 1 fully saturated rings. The number of piperidine rings is 1. The number of likely N-dealkylation sites (tertiary alicyclic amines) is 1. The van der Waals surface area contributed by atoms with Gasteiger partial charge in [0.25, 0.3) is 0 Å². The molecule has 4 heteroatoms. The number of hydrogen-bond donors (Lipinski definition) is 1. The molecule has 2 rings (SSSR count). The Labute approximate surface area is 103 Å². The van der Waals surface area contributed by atoms with Crippen molar-refractivity contribution in [3.8, 4) is 0 Å². The van der Waals surface area contributed by atoms with E-state index < -0.39 is 0 Å². The van der Waals surface area contributed by atoms with Gasteiger partial charge in [-0.05, 0) is 54.4 Å². The topological polar surface area (TPSA) is 23.5 Å². The van der Waals surface area contributed by atoms with Gasteiger partial charge in [0, 0.05) is 17.5 Å². The fraction of sp³-hybridized carbons (Fsp3) is 0.636. The van der Waals surface area contributed by atoms with Crippen LogP contribution in [0.4, 0.5) is 0 Å². The molecule has 1 aromatic heterocycles. The van der Waals surface area contributed by atoms with Gasteiger partial charge in [-0.15, -0.1) is 11.3 Å². The van der Waals surface area contributed by atoms with E-state index in [4.69, 9.17) is 0 Å². The van der Waals surface area contributed by atoms with Crippen molar-refractivity contribution < 1.29 is 5.11 Å². The van der Waals surface area contributed by atoms with E-state index in [1.807, 2.05) is 0 Å². The van der Waals surface area contributed by atoms with Crippen LogP contribution in [0.25, 0.3) is 0 Å². The number of hydrogen-bond acceptors (Lipinski definition) is 3. The van der Waals surface area contributed by atoms with Gasteiger partial charge in [0.2, 0.25) is 0 Å². The summed E-state index contributed by atoms with van der Waals surface area (Å²) in [5.41, 5.74) is 0.